The zero-order valence-electron chi connectivity index (χ0n) is 11.8. The van der Waals surface area contributed by atoms with Gasteiger partial charge in [0.05, 0.1) is 5.69 Å². The standard InChI is InChI=1S/C15H21FN2S/c1-4-15(5-2)9-17-14(19-10-15)18-13-11(3)7-6-8-12(13)16/h6-8H,4-5,9-10H2,1-3H3,(H,17,18). The number of hydrogen-bond donors (Lipinski definition) is 1. The van der Waals surface area contributed by atoms with Crippen molar-refractivity contribution in [3.8, 4) is 0 Å². The minimum atomic E-state index is -0.217. The molecule has 0 radical (unpaired) electrons. The van der Waals surface area contributed by atoms with E-state index in [-0.39, 0.29) is 5.82 Å². The maximum atomic E-state index is 13.8. The molecule has 0 amide bonds. The van der Waals surface area contributed by atoms with Crippen molar-refractivity contribution in [2.24, 2.45) is 10.4 Å². The highest BCUT2D eigenvalue weighted by Gasteiger charge is 2.30. The maximum Gasteiger partial charge on any atom is 0.161 e. The number of thioether (sulfide) groups is 1. The molecule has 0 atom stereocenters. The maximum absolute atomic E-state index is 13.8. The number of aliphatic imine (C=N–C) groups is 1. The molecular weight excluding hydrogens is 259 g/mol. The number of hydrogen-bond acceptors (Lipinski definition) is 3. The molecule has 1 aliphatic rings. The number of nitrogens with zero attached hydrogens (tertiary/aromatic N) is 1. The molecular formula is C15H21FN2S. The van der Waals surface area contributed by atoms with Gasteiger partial charge in [-0.15, -0.1) is 0 Å². The average Bonchev–Trinajstić information content (AvgIpc) is 2.44. The van der Waals surface area contributed by atoms with E-state index in [1.165, 1.54) is 6.07 Å². The van der Waals surface area contributed by atoms with E-state index in [9.17, 15) is 4.39 Å². The van der Waals surface area contributed by atoms with Gasteiger partial charge in [-0.1, -0.05) is 37.7 Å². The van der Waals surface area contributed by atoms with Crippen molar-refractivity contribution in [3.05, 3.63) is 29.6 Å². The van der Waals surface area contributed by atoms with Crippen molar-refractivity contribution in [2.75, 3.05) is 17.6 Å². The summed E-state index contributed by atoms with van der Waals surface area (Å²) < 4.78 is 13.8. The van der Waals surface area contributed by atoms with Crippen LogP contribution < -0.4 is 5.32 Å². The van der Waals surface area contributed by atoms with Gasteiger partial charge in [-0.05, 0) is 36.8 Å². The highest BCUT2D eigenvalue weighted by Crippen LogP contribution is 2.35. The van der Waals surface area contributed by atoms with Gasteiger partial charge in [0.15, 0.2) is 5.17 Å². The normalized spacial score (nSPS) is 18.0. The predicted molar refractivity (Wildman–Crippen MR) is 82.5 cm³/mol. The zero-order chi connectivity index (χ0) is 13.9. The largest absolute Gasteiger partial charge is 0.332 e. The summed E-state index contributed by atoms with van der Waals surface area (Å²) in [4.78, 5) is 4.60. The average molecular weight is 280 g/mol. The first kappa shape index (κ1) is 14.4. The van der Waals surface area contributed by atoms with Crippen LogP contribution in [0.2, 0.25) is 0 Å². The third-order valence-corrected chi connectivity index (χ3v) is 5.29. The van der Waals surface area contributed by atoms with E-state index >= 15 is 0 Å². The lowest BCUT2D eigenvalue weighted by Crippen LogP contribution is -2.32. The molecule has 1 N–H and O–H groups in total. The second-order valence-electron chi connectivity index (χ2n) is 5.17. The summed E-state index contributed by atoms with van der Waals surface area (Å²) in [6.45, 7) is 7.18. The number of amidine groups is 1. The highest BCUT2D eigenvalue weighted by molar-refractivity contribution is 8.14. The van der Waals surface area contributed by atoms with Gasteiger partial charge in [-0.2, -0.15) is 0 Å². The van der Waals surface area contributed by atoms with Crippen LogP contribution in [0.3, 0.4) is 0 Å². The zero-order valence-corrected chi connectivity index (χ0v) is 12.6. The first-order valence-electron chi connectivity index (χ1n) is 6.79. The Bertz CT molecular complexity index is 461. The lowest BCUT2D eigenvalue weighted by atomic mass is 9.84. The van der Waals surface area contributed by atoms with Crippen molar-refractivity contribution in [3.63, 3.8) is 0 Å². The second kappa shape index (κ2) is 5.95. The summed E-state index contributed by atoms with van der Waals surface area (Å²) in [5.41, 5.74) is 1.78. The van der Waals surface area contributed by atoms with Crippen LogP contribution >= 0.6 is 11.8 Å². The predicted octanol–water partition coefficient (Wildman–Crippen LogP) is 4.46. The van der Waals surface area contributed by atoms with Gasteiger partial charge in [0.25, 0.3) is 0 Å². The van der Waals surface area contributed by atoms with Gasteiger partial charge in [-0.3, -0.25) is 4.99 Å². The molecule has 104 valence electrons. The van der Waals surface area contributed by atoms with Crippen LogP contribution in [-0.4, -0.2) is 17.5 Å². The lowest BCUT2D eigenvalue weighted by Gasteiger charge is -2.33. The van der Waals surface area contributed by atoms with Gasteiger partial charge in [-0.25, -0.2) is 4.39 Å². The van der Waals surface area contributed by atoms with E-state index < -0.39 is 0 Å². The Hall–Kier alpha value is -1.03. The first-order chi connectivity index (χ1) is 9.10. The number of rotatable bonds is 3. The minimum absolute atomic E-state index is 0.217. The Labute approximate surface area is 118 Å². The quantitative estimate of drug-likeness (QED) is 0.884. The second-order valence-corrected chi connectivity index (χ2v) is 6.14. The Morgan fingerprint density at radius 2 is 2.11 bits per heavy atom. The van der Waals surface area contributed by atoms with Crippen LogP contribution in [0.15, 0.2) is 23.2 Å². The first-order valence-corrected chi connectivity index (χ1v) is 7.78. The molecule has 1 aliphatic heterocycles. The van der Waals surface area contributed by atoms with Crippen LogP contribution in [0.4, 0.5) is 10.1 Å². The Morgan fingerprint density at radius 3 is 2.63 bits per heavy atom. The van der Waals surface area contributed by atoms with Gasteiger partial charge in [0.1, 0.15) is 5.82 Å². The van der Waals surface area contributed by atoms with Gasteiger partial charge < -0.3 is 5.32 Å². The van der Waals surface area contributed by atoms with E-state index in [1.807, 2.05) is 13.0 Å². The third kappa shape index (κ3) is 3.11. The monoisotopic (exact) mass is 280 g/mol. The summed E-state index contributed by atoms with van der Waals surface area (Å²) in [5, 5.41) is 3.98. The lowest BCUT2D eigenvalue weighted by molar-refractivity contribution is 0.318. The summed E-state index contributed by atoms with van der Waals surface area (Å²) in [5.74, 6) is 0.838. The van der Waals surface area contributed by atoms with Crippen molar-refractivity contribution < 1.29 is 4.39 Å². The topological polar surface area (TPSA) is 24.4 Å². The summed E-state index contributed by atoms with van der Waals surface area (Å²) in [6.07, 6.45) is 2.29. The molecule has 0 aromatic heterocycles. The molecule has 0 fully saturated rings. The molecule has 2 rings (SSSR count). The molecule has 4 heteroatoms. The fourth-order valence-electron chi connectivity index (χ4n) is 2.20. The molecule has 0 aliphatic carbocycles. The van der Waals surface area contributed by atoms with E-state index in [4.69, 9.17) is 0 Å². The Balaban J connectivity index is 2.12. The van der Waals surface area contributed by atoms with Gasteiger partial charge >= 0.3 is 0 Å². The van der Waals surface area contributed by atoms with Crippen LogP contribution in [0, 0.1) is 18.2 Å². The SMILES string of the molecule is CCC1(CC)CN=C(Nc2c(C)cccc2F)SC1. The van der Waals surface area contributed by atoms with Crippen molar-refractivity contribution >= 4 is 22.6 Å². The van der Waals surface area contributed by atoms with Gasteiger partial charge in [0, 0.05) is 12.3 Å². The molecule has 0 spiro atoms. The molecule has 1 aromatic carbocycles. The minimum Gasteiger partial charge on any atom is -0.332 e. The number of halogens is 1. The van der Waals surface area contributed by atoms with Crippen molar-refractivity contribution in [1.29, 1.82) is 0 Å². The van der Waals surface area contributed by atoms with E-state index in [2.05, 4.69) is 24.2 Å². The molecule has 0 saturated heterocycles. The number of benzene rings is 1. The summed E-state index contributed by atoms with van der Waals surface area (Å²) in [7, 11) is 0. The molecule has 2 nitrogen and oxygen atoms in total. The Morgan fingerprint density at radius 1 is 1.37 bits per heavy atom. The van der Waals surface area contributed by atoms with Crippen molar-refractivity contribution in [1.82, 2.24) is 0 Å². The van der Waals surface area contributed by atoms with Crippen LogP contribution in [0.25, 0.3) is 0 Å². The number of anilines is 1. The van der Waals surface area contributed by atoms with E-state index in [0.29, 0.717) is 11.1 Å². The fourth-order valence-corrected chi connectivity index (χ4v) is 3.48. The number of aryl methyl sites for hydroxylation is 1. The fraction of sp³-hybridized carbons (Fsp3) is 0.533. The van der Waals surface area contributed by atoms with E-state index in [1.54, 1.807) is 17.8 Å². The van der Waals surface area contributed by atoms with Crippen molar-refractivity contribution in [2.45, 2.75) is 33.6 Å². The highest BCUT2D eigenvalue weighted by atomic mass is 32.2. The van der Waals surface area contributed by atoms with Crippen LogP contribution in [0.5, 0.6) is 0 Å². The number of nitrogens with one attached hydrogen (secondary N) is 1. The smallest absolute Gasteiger partial charge is 0.161 e. The third-order valence-electron chi connectivity index (χ3n) is 4.03. The molecule has 19 heavy (non-hydrogen) atoms. The van der Waals surface area contributed by atoms with Crippen LogP contribution in [-0.2, 0) is 0 Å². The molecule has 1 heterocycles. The summed E-state index contributed by atoms with van der Waals surface area (Å²) >= 11 is 1.70. The molecule has 1 aromatic rings. The molecule has 0 bridgehead atoms. The van der Waals surface area contributed by atoms with Gasteiger partial charge in [0.2, 0.25) is 0 Å². The Kier molecular flexibility index (Phi) is 4.50. The number of para-hydroxylation sites is 1. The van der Waals surface area contributed by atoms with Crippen LogP contribution in [0.1, 0.15) is 32.3 Å². The summed E-state index contributed by atoms with van der Waals surface area (Å²) in [6, 6.07) is 5.11. The van der Waals surface area contributed by atoms with E-state index in [0.717, 1.165) is 35.9 Å². The molecule has 0 unspecified atom stereocenters. The molecule has 0 saturated carbocycles.